The van der Waals surface area contributed by atoms with Gasteiger partial charge in [0.05, 0.1) is 0 Å². The van der Waals surface area contributed by atoms with Crippen molar-refractivity contribution in [2.75, 3.05) is 0 Å². The lowest BCUT2D eigenvalue weighted by molar-refractivity contribution is -0.108. The average Bonchev–Trinajstić information content (AvgIpc) is 2.65. The fraction of sp³-hybridized carbons (Fsp3) is 0.200. The molecule has 10 heavy (non-hydrogen) atoms. The van der Waals surface area contributed by atoms with Crippen molar-refractivity contribution in [3.05, 3.63) is 0 Å². The lowest BCUT2D eigenvalue weighted by Gasteiger charge is -1.81. The van der Waals surface area contributed by atoms with Gasteiger partial charge in [-0.1, -0.05) is 0 Å². The van der Waals surface area contributed by atoms with E-state index < -0.39 is 0 Å². The van der Waals surface area contributed by atoms with Gasteiger partial charge in [-0.3, -0.25) is 14.6 Å². The fourth-order valence-electron chi connectivity index (χ4n) is 0.516. The van der Waals surface area contributed by atoms with E-state index in [1.807, 2.05) is 0 Å². The number of carbonyl (C=O) groups is 2. The van der Waals surface area contributed by atoms with Crippen LogP contribution < -0.4 is 5.32 Å². The van der Waals surface area contributed by atoms with Gasteiger partial charge in [-0.2, -0.15) is 0 Å². The summed E-state index contributed by atoms with van der Waals surface area (Å²) >= 11 is 0. The van der Waals surface area contributed by atoms with Crippen molar-refractivity contribution >= 4 is 24.9 Å². The molecule has 0 saturated heterocycles. The molecule has 0 spiro atoms. The van der Waals surface area contributed by atoms with E-state index in [0.717, 1.165) is 0 Å². The van der Waals surface area contributed by atoms with Crippen LogP contribution in [0.3, 0.4) is 0 Å². The zero-order valence-corrected chi connectivity index (χ0v) is 5.02. The van der Waals surface area contributed by atoms with Gasteiger partial charge in [0.2, 0.25) is 12.8 Å². The number of amidine groups is 1. The smallest absolute Gasteiger partial charge is 0.232 e. The van der Waals surface area contributed by atoms with Crippen molar-refractivity contribution in [1.82, 2.24) is 5.32 Å². The number of nitrogens with zero attached hydrogens (tertiary/aromatic N) is 2. The Hall–Kier alpha value is -1.52. The Morgan fingerprint density at radius 1 is 1.60 bits per heavy atom. The minimum Gasteiger partial charge on any atom is -0.315 e. The van der Waals surface area contributed by atoms with Crippen molar-refractivity contribution in [3.63, 3.8) is 0 Å². The van der Waals surface area contributed by atoms with Crippen molar-refractivity contribution in [3.8, 4) is 0 Å². The van der Waals surface area contributed by atoms with Crippen LogP contribution in [0.1, 0.15) is 0 Å². The lowest BCUT2D eigenvalue weighted by Crippen LogP contribution is -2.18. The van der Waals surface area contributed by atoms with E-state index in [0.29, 0.717) is 18.7 Å². The van der Waals surface area contributed by atoms with Gasteiger partial charge < -0.3 is 5.32 Å². The maximum atomic E-state index is 9.77. The molecule has 0 bridgehead atoms. The number of carbonyl (C=O) groups excluding carboxylic acids is 2. The Bertz CT molecular complexity index is 209. The third-order valence-electron chi connectivity index (χ3n) is 0.986. The first-order chi connectivity index (χ1) is 4.88. The molecule has 1 aliphatic rings. The predicted octanol–water partition coefficient (Wildman–Crippen LogP) is -1.26. The molecule has 0 aliphatic carbocycles. The van der Waals surface area contributed by atoms with Crippen LogP contribution in [0.2, 0.25) is 0 Å². The van der Waals surface area contributed by atoms with Gasteiger partial charge in [-0.05, 0) is 0 Å². The second-order valence-electron chi connectivity index (χ2n) is 1.62. The summed E-state index contributed by atoms with van der Waals surface area (Å²) in [5.41, 5.74) is 0. The van der Waals surface area contributed by atoms with Crippen molar-refractivity contribution in [2.45, 2.75) is 6.04 Å². The minimum absolute atomic E-state index is 0.185. The van der Waals surface area contributed by atoms with Crippen LogP contribution in [0.15, 0.2) is 9.98 Å². The van der Waals surface area contributed by atoms with E-state index in [1.165, 1.54) is 6.21 Å². The number of aliphatic imine (C=N–C) groups is 2. The Labute approximate surface area is 56.9 Å². The molecule has 5 heteroatoms. The maximum absolute atomic E-state index is 9.77. The fourth-order valence-corrected chi connectivity index (χ4v) is 0.516. The van der Waals surface area contributed by atoms with Crippen LogP contribution in [-0.4, -0.2) is 30.9 Å². The molecule has 0 aromatic rings. The summed E-state index contributed by atoms with van der Waals surface area (Å²) in [6.07, 6.45) is 2.32. The van der Waals surface area contributed by atoms with Gasteiger partial charge in [0, 0.05) is 6.21 Å². The Morgan fingerprint density at radius 2 is 2.40 bits per heavy atom. The summed E-state index contributed by atoms with van der Waals surface area (Å²) in [5.74, 6) is 0.556. The van der Waals surface area contributed by atoms with Crippen LogP contribution >= 0.6 is 0 Å². The van der Waals surface area contributed by atoms with Gasteiger partial charge in [0.15, 0.2) is 0 Å². The topological polar surface area (TPSA) is 70.9 Å². The molecule has 2 amide bonds. The average molecular weight is 139 g/mol. The lowest BCUT2D eigenvalue weighted by atomic mass is 10.4. The molecular weight excluding hydrogens is 134 g/mol. The number of amides is 2. The van der Waals surface area contributed by atoms with Crippen LogP contribution in [0.5, 0.6) is 0 Å². The zero-order chi connectivity index (χ0) is 7.40. The minimum atomic E-state index is -0.185. The molecular formula is C5H5N3O2. The molecule has 1 rings (SSSR count). The molecule has 1 heterocycles. The van der Waals surface area contributed by atoms with Gasteiger partial charge >= 0.3 is 0 Å². The molecule has 0 saturated carbocycles. The SMILES string of the molecule is O=CN=CC1N=C1NC=O. The molecule has 0 aromatic carbocycles. The highest BCUT2D eigenvalue weighted by atomic mass is 16.1. The molecule has 1 aliphatic heterocycles. The van der Waals surface area contributed by atoms with E-state index in [9.17, 15) is 9.59 Å². The van der Waals surface area contributed by atoms with E-state index in [-0.39, 0.29) is 6.04 Å². The van der Waals surface area contributed by atoms with E-state index in [2.05, 4.69) is 15.3 Å². The summed E-state index contributed by atoms with van der Waals surface area (Å²) in [7, 11) is 0. The molecule has 0 radical (unpaired) electrons. The van der Waals surface area contributed by atoms with Gasteiger partial charge in [-0.15, -0.1) is 0 Å². The monoisotopic (exact) mass is 139 g/mol. The van der Waals surface area contributed by atoms with Gasteiger partial charge in [0.1, 0.15) is 11.9 Å². The number of hydrogen-bond donors (Lipinski definition) is 1. The summed E-state index contributed by atoms with van der Waals surface area (Å²) < 4.78 is 0. The molecule has 5 nitrogen and oxygen atoms in total. The Balaban J connectivity index is 2.22. The summed E-state index contributed by atoms with van der Waals surface area (Å²) in [6, 6.07) is -0.185. The van der Waals surface area contributed by atoms with Gasteiger partial charge in [-0.25, -0.2) is 4.99 Å². The highest BCUT2D eigenvalue weighted by Crippen LogP contribution is 2.04. The first-order valence-corrected chi connectivity index (χ1v) is 2.63. The third-order valence-corrected chi connectivity index (χ3v) is 0.986. The Morgan fingerprint density at radius 3 is 3.00 bits per heavy atom. The largest absolute Gasteiger partial charge is 0.315 e. The molecule has 1 N–H and O–H groups in total. The molecule has 1 atom stereocenters. The second-order valence-corrected chi connectivity index (χ2v) is 1.62. The van der Waals surface area contributed by atoms with Crippen molar-refractivity contribution < 1.29 is 9.59 Å². The predicted molar refractivity (Wildman–Crippen MR) is 35.0 cm³/mol. The van der Waals surface area contributed by atoms with Crippen LogP contribution in [0.25, 0.3) is 0 Å². The highest BCUT2D eigenvalue weighted by molar-refractivity contribution is 6.15. The van der Waals surface area contributed by atoms with Crippen LogP contribution in [0.4, 0.5) is 0 Å². The van der Waals surface area contributed by atoms with E-state index >= 15 is 0 Å². The molecule has 0 fully saturated rings. The normalized spacial score (nSPS) is 22.0. The van der Waals surface area contributed by atoms with E-state index in [4.69, 9.17) is 0 Å². The van der Waals surface area contributed by atoms with Crippen molar-refractivity contribution in [1.29, 1.82) is 0 Å². The second kappa shape index (κ2) is 2.86. The maximum Gasteiger partial charge on any atom is 0.232 e. The summed E-state index contributed by atoms with van der Waals surface area (Å²) in [5, 5.41) is 2.34. The quantitative estimate of drug-likeness (QED) is 0.391. The van der Waals surface area contributed by atoms with Crippen molar-refractivity contribution in [2.24, 2.45) is 9.98 Å². The first-order valence-electron chi connectivity index (χ1n) is 2.63. The molecule has 1 unspecified atom stereocenters. The van der Waals surface area contributed by atoms with Gasteiger partial charge in [0.25, 0.3) is 0 Å². The summed E-state index contributed by atoms with van der Waals surface area (Å²) in [4.78, 5) is 26.5. The first kappa shape index (κ1) is 6.60. The standard InChI is InChI=1S/C5H5N3O2/c9-2-6-1-4-5(8-4)7-3-10/h1-4H,(H,7,8,10). The Kier molecular flexibility index (Phi) is 1.89. The molecule has 0 aromatic heterocycles. The molecule has 52 valence electrons. The number of rotatable bonds is 3. The summed E-state index contributed by atoms with van der Waals surface area (Å²) in [6.45, 7) is 0. The van der Waals surface area contributed by atoms with Crippen LogP contribution in [0, 0.1) is 0 Å². The highest BCUT2D eigenvalue weighted by Gasteiger charge is 2.24. The van der Waals surface area contributed by atoms with Crippen LogP contribution in [-0.2, 0) is 9.59 Å². The third kappa shape index (κ3) is 1.48. The number of nitrogens with one attached hydrogen (secondary N) is 1. The zero-order valence-electron chi connectivity index (χ0n) is 5.02. The van der Waals surface area contributed by atoms with E-state index in [1.54, 1.807) is 0 Å². The number of hydrogen-bond acceptors (Lipinski definition) is 3.